The van der Waals surface area contributed by atoms with Crippen molar-refractivity contribution in [1.29, 1.82) is 0 Å². The zero-order valence-corrected chi connectivity index (χ0v) is 19.5. The summed E-state index contributed by atoms with van der Waals surface area (Å²) in [7, 11) is 3.39. The molecule has 1 amide bonds. The lowest BCUT2D eigenvalue weighted by molar-refractivity contribution is -0.115. The molecule has 168 valence electrons. The molecule has 0 aliphatic heterocycles. The van der Waals surface area contributed by atoms with E-state index < -0.39 is 5.91 Å². The second kappa shape index (κ2) is 14.1. The van der Waals surface area contributed by atoms with Gasteiger partial charge in [-0.1, -0.05) is 32.0 Å². The summed E-state index contributed by atoms with van der Waals surface area (Å²) in [5, 5.41) is 6.41. The van der Waals surface area contributed by atoms with E-state index in [-0.39, 0.29) is 5.76 Å². The number of benzene rings is 2. The van der Waals surface area contributed by atoms with Crippen LogP contribution in [0.25, 0.3) is 5.76 Å². The second-order valence-electron chi connectivity index (χ2n) is 5.99. The van der Waals surface area contributed by atoms with Crippen LogP contribution in [0, 0.1) is 0 Å². The molecule has 0 saturated heterocycles. The first kappa shape index (κ1) is 26.1. The van der Waals surface area contributed by atoms with Gasteiger partial charge in [0.15, 0.2) is 5.76 Å². The Bertz CT molecular complexity index is 880. The van der Waals surface area contributed by atoms with Crippen molar-refractivity contribution in [2.45, 2.75) is 20.8 Å². The van der Waals surface area contributed by atoms with Crippen LogP contribution in [0.1, 0.15) is 26.3 Å². The lowest BCUT2D eigenvalue weighted by Gasteiger charge is -2.14. The number of methoxy groups -OCH3 is 1. The Morgan fingerprint density at radius 1 is 1.13 bits per heavy atom. The largest absolute Gasteiger partial charge is 0.497 e. The maximum absolute atomic E-state index is 12.7. The Kier molecular flexibility index (Phi) is 11.9. The summed E-state index contributed by atoms with van der Waals surface area (Å²) in [6.45, 7) is 10.8. The van der Waals surface area contributed by atoms with Gasteiger partial charge in [-0.2, -0.15) is 0 Å². The lowest BCUT2D eigenvalue weighted by Crippen LogP contribution is -2.17. The van der Waals surface area contributed by atoms with Crippen molar-refractivity contribution < 1.29 is 19.0 Å². The monoisotopic (exact) mass is 446 g/mol. The van der Waals surface area contributed by atoms with Gasteiger partial charge in [0.05, 0.1) is 7.11 Å². The van der Waals surface area contributed by atoms with Crippen LogP contribution in [0.5, 0.6) is 11.5 Å². The molecule has 2 aromatic carbocycles. The van der Waals surface area contributed by atoms with Crippen molar-refractivity contribution >= 4 is 29.0 Å². The molecule has 0 heterocycles. The van der Waals surface area contributed by atoms with Gasteiger partial charge in [0.25, 0.3) is 5.91 Å². The number of carbonyl (C=O) groups is 1. The van der Waals surface area contributed by atoms with Crippen LogP contribution in [-0.4, -0.2) is 33.2 Å². The predicted molar refractivity (Wildman–Crippen MR) is 128 cm³/mol. The molecule has 0 aliphatic rings. The summed E-state index contributed by atoms with van der Waals surface area (Å²) in [6, 6.07) is 12.2. The van der Waals surface area contributed by atoms with Gasteiger partial charge in [0.1, 0.15) is 23.9 Å². The maximum Gasteiger partial charge on any atom is 0.291 e. The van der Waals surface area contributed by atoms with Crippen molar-refractivity contribution in [1.82, 2.24) is 5.32 Å². The molecule has 7 heteroatoms. The zero-order valence-electron chi connectivity index (χ0n) is 18.8. The minimum atomic E-state index is -0.419. The second-order valence-corrected chi connectivity index (χ2v) is 6.42. The number of likely N-dealkylation sites (N-methyl/N-ethyl adjacent to an activating group) is 1. The number of nitrogens with one attached hydrogen (secondary N) is 2. The summed E-state index contributed by atoms with van der Waals surface area (Å²) in [4.78, 5) is 12.7. The highest BCUT2D eigenvalue weighted by molar-refractivity contribution is 6.30. The van der Waals surface area contributed by atoms with E-state index in [9.17, 15) is 4.79 Å². The molecule has 0 unspecified atom stereocenters. The van der Waals surface area contributed by atoms with Crippen LogP contribution in [0.15, 0.2) is 60.9 Å². The third-order valence-electron chi connectivity index (χ3n) is 3.88. The third-order valence-corrected chi connectivity index (χ3v) is 4.13. The SMILES string of the molecule is C=C(O/C(=C\C)C(=O)Nc1cc(OC)cc(OCCNC)c1)c1ccc(Cl)cc1.CC. The Balaban J connectivity index is 0.00000233. The van der Waals surface area contributed by atoms with E-state index in [4.69, 9.17) is 25.8 Å². The first-order chi connectivity index (χ1) is 15.0. The van der Waals surface area contributed by atoms with Gasteiger partial charge in [-0.15, -0.1) is 0 Å². The molecule has 0 aliphatic carbocycles. The normalized spacial score (nSPS) is 10.5. The molecule has 0 saturated carbocycles. The molecule has 0 aromatic heterocycles. The fraction of sp³-hybridized carbons (Fsp3) is 0.292. The van der Waals surface area contributed by atoms with Crippen LogP contribution in [0.4, 0.5) is 5.69 Å². The van der Waals surface area contributed by atoms with Crippen molar-refractivity contribution in [2.24, 2.45) is 0 Å². The van der Waals surface area contributed by atoms with Gasteiger partial charge in [0, 0.05) is 41.0 Å². The Morgan fingerprint density at radius 2 is 1.77 bits per heavy atom. The van der Waals surface area contributed by atoms with Crippen LogP contribution >= 0.6 is 11.6 Å². The molecule has 0 atom stereocenters. The Hall–Kier alpha value is -2.96. The van der Waals surface area contributed by atoms with E-state index >= 15 is 0 Å². The highest BCUT2D eigenvalue weighted by atomic mass is 35.5. The number of hydrogen-bond acceptors (Lipinski definition) is 5. The minimum absolute atomic E-state index is 0.116. The number of hydrogen-bond donors (Lipinski definition) is 2. The van der Waals surface area contributed by atoms with Crippen LogP contribution in [0.2, 0.25) is 5.02 Å². The standard InChI is InChI=1S/C22H25ClN2O4.C2H6/c1-5-21(29-15(2)16-6-8-17(23)9-7-16)22(26)25-18-12-19(27-4)14-20(13-18)28-11-10-24-3;1-2/h5-9,12-14,24H,2,10-11H2,1,3-4H3,(H,25,26);1-2H3/b21-5-;. The van der Waals surface area contributed by atoms with Crippen molar-refractivity contribution in [3.8, 4) is 11.5 Å². The number of anilines is 1. The Morgan fingerprint density at radius 3 is 2.35 bits per heavy atom. The molecular weight excluding hydrogens is 416 g/mol. The van der Waals surface area contributed by atoms with E-state index in [1.807, 2.05) is 20.9 Å². The average molecular weight is 447 g/mol. The molecule has 0 fully saturated rings. The van der Waals surface area contributed by atoms with E-state index in [0.29, 0.717) is 41.1 Å². The number of carbonyl (C=O) groups excluding carboxylic acids is 1. The van der Waals surface area contributed by atoms with Gasteiger partial charge in [-0.25, -0.2) is 0 Å². The number of allylic oxidation sites excluding steroid dienone is 1. The molecule has 31 heavy (non-hydrogen) atoms. The van der Waals surface area contributed by atoms with E-state index in [1.165, 1.54) is 0 Å². The average Bonchev–Trinajstić information content (AvgIpc) is 2.79. The summed E-state index contributed by atoms with van der Waals surface area (Å²) >= 11 is 5.90. The maximum atomic E-state index is 12.7. The summed E-state index contributed by atoms with van der Waals surface area (Å²) in [6.07, 6.45) is 1.57. The first-order valence-electron chi connectivity index (χ1n) is 10.0. The number of ether oxygens (including phenoxy) is 3. The van der Waals surface area contributed by atoms with E-state index in [1.54, 1.807) is 62.6 Å². The van der Waals surface area contributed by atoms with Crippen LogP contribution in [0.3, 0.4) is 0 Å². The molecular formula is C24H31ClN2O4. The van der Waals surface area contributed by atoms with Crippen molar-refractivity contribution in [3.05, 3.63) is 71.5 Å². The lowest BCUT2D eigenvalue weighted by atomic mass is 10.2. The number of amides is 1. The minimum Gasteiger partial charge on any atom is -0.497 e. The van der Waals surface area contributed by atoms with E-state index in [0.717, 1.165) is 5.56 Å². The molecule has 0 spiro atoms. The Labute approximate surface area is 189 Å². The molecule has 2 aromatic rings. The fourth-order valence-corrected chi connectivity index (χ4v) is 2.50. The van der Waals surface area contributed by atoms with Gasteiger partial charge in [0.2, 0.25) is 0 Å². The van der Waals surface area contributed by atoms with Gasteiger partial charge in [-0.3, -0.25) is 4.79 Å². The van der Waals surface area contributed by atoms with Crippen molar-refractivity contribution in [3.63, 3.8) is 0 Å². The third kappa shape index (κ3) is 8.74. The van der Waals surface area contributed by atoms with Crippen molar-refractivity contribution in [2.75, 3.05) is 32.6 Å². The molecule has 0 radical (unpaired) electrons. The fourth-order valence-electron chi connectivity index (χ4n) is 2.37. The van der Waals surface area contributed by atoms with Crippen LogP contribution in [-0.2, 0) is 9.53 Å². The summed E-state index contributed by atoms with van der Waals surface area (Å²) in [5.41, 5.74) is 1.25. The topological polar surface area (TPSA) is 68.8 Å². The molecule has 0 bridgehead atoms. The predicted octanol–water partition coefficient (Wildman–Crippen LogP) is 5.50. The van der Waals surface area contributed by atoms with E-state index in [2.05, 4.69) is 17.2 Å². The highest BCUT2D eigenvalue weighted by Gasteiger charge is 2.14. The summed E-state index contributed by atoms with van der Waals surface area (Å²) in [5.74, 6) is 1.19. The zero-order chi connectivity index (χ0) is 23.2. The van der Waals surface area contributed by atoms with Gasteiger partial charge >= 0.3 is 0 Å². The van der Waals surface area contributed by atoms with Gasteiger partial charge in [-0.05, 0) is 44.3 Å². The molecule has 6 nitrogen and oxygen atoms in total. The first-order valence-corrected chi connectivity index (χ1v) is 10.4. The smallest absolute Gasteiger partial charge is 0.291 e. The van der Waals surface area contributed by atoms with Gasteiger partial charge < -0.3 is 24.8 Å². The summed E-state index contributed by atoms with van der Waals surface area (Å²) < 4.78 is 16.6. The van der Waals surface area contributed by atoms with Crippen LogP contribution < -0.4 is 20.1 Å². The molecule has 2 N–H and O–H groups in total. The number of halogens is 1. The quantitative estimate of drug-likeness (QED) is 0.286. The molecule has 2 rings (SSSR count). The number of rotatable bonds is 10. The highest BCUT2D eigenvalue weighted by Crippen LogP contribution is 2.27.